The highest BCUT2D eigenvalue weighted by molar-refractivity contribution is 7.89. The zero-order valence-electron chi connectivity index (χ0n) is 11.8. The van der Waals surface area contributed by atoms with Gasteiger partial charge in [0, 0.05) is 12.1 Å². The van der Waals surface area contributed by atoms with Gasteiger partial charge in [0.25, 0.3) is 5.91 Å². The Morgan fingerprint density at radius 1 is 1.14 bits per heavy atom. The Balaban J connectivity index is 2.52. The van der Waals surface area contributed by atoms with Gasteiger partial charge in [0.2, 0.25) is 10.0 Å². The molecule has 0 radical (unpaired) electrons. The number of nitrogens with one attached hydrogen (secondary N) is 2. The molecule has 1 aromatic carbocycles. The number of hydrogen-bond acceptors (Lipinski definition) is 5. The molecule has 1 rings (SSSR count). The standard InChI is InChI=1S/C13H17N3O4S/c1-10(8-11(2)17)15-16-13(18)9-14-21(19,20)12-6-4-3-5-7-12/h3-7,14H,8-9H2,1-2H3,(H,16,18)/b15-10+. The Bertz CT molecular complexity index is 639. The number of amides is 1. The highest BCUT2D eigenvalue weighted by Gasteiger charge is 2.14. The van der Waals surface area contributed by atoms with Crippen LogP contribution in [0.5, 0.6) is 0 Å². The van der Waals surface area contributed by atoms with Gasteiger partial charge >= 0.3 is 0 Å². The summed E-state index contributed by atoms with van der Waals surface area (Å²) in [6, 6.07) is 7.72. The number of rotatable bonds is 7. The first-order valence-corrected chi connectivity index (χ1v) is 7.66. The molecule has 0 aliphatic heterocycles. The van der Waals surface area contributed by atoms with Crippen molar-refractivity contribution >= 4 is 27.4 Å². The van der Waals surface area contributed by atoms with Crippen molar-refractivity contribution in [1.29, 1.82) is 0 Å². The monoisotopic (exact) mass is 311 g/mol. The van der Waals surface area contributed by atoms with E-state index in [2.05, 4.69) is 15.2 Å². The predicted octanol–water partition coefficient (Wildman–Crippen LogP) is 0.436. The maximum absolute atomic E-state index is 11.8. The summed E-state index contributed by atoms with van der Waals surface area (Å²) in [6.07, 6.45) is 0.135. The molecule has 0 atom stereocenters. The van der Waals surface area contributed by atoms with Crippen molar-refractivity contribution in [3.05, 3.63) is 30.3 Å². The van der Waals surface area contributed by atoms with E-state index in [-0.39, 0.29) is 17.1 Å². The van der Waals surface area contributed by atoms with Crippen LogP contribution in [0.3, 0.4) is 0 Å². The van der Waals surface area contributed by atoms with Gasteiger partial charge in [-0.25, -0.2) is 18.6 Å². The van der Waals surface area contributed by atoms with Crippen LogP contribution in [-0.2, 0) is 19.6 Å². The van der Waals surface area contributed by atoms with Crippen LogP contribution in [0.1, 0.15) is 20.3 Å². The van der Waals surface area contributed by atoms with E-state index < -0.39 is 22.5 Å². The van der Waals surface area contributed by atoms with E-state index in [9.17, 15) is 18.0 Å². The van der Waals surface area contributed by atoms with Crippen LogP contribution in [0.4, 0.5) is 0 Å². The van der Waals surface area contributed by atoms with Gasteiger partial charge in [-0.15, -0.1) is 0 Å². The van der Waals surface area contributed by atoms with Gasteiger partial charge in [-0.3, -0.25) is 9.59 Å². The fraction of sp³-hybridized carbons (Fsp3) is 0.308. The van der Waals surface area contributed by atoms with Crippen molar-refractivity contribution in [2.45, 2.75) is 25.2 Å². The molecule has 114 valence electrons. The molecule has 1 amide bonds. The van der Waals surface area contributed by atoms with Crippen LogP contribution in [0, 0.1) is 0 Å². The molecule has 0 aromatic heterocycles. The van der Waals surface area contributed by atoms with E-state index in [0.717, 1.165) is 0 Å². The lowest BCUT2D eigenvalue weighted by molar-refractivity contribution is -0.120. The normalized spacial score (nSPS) is 12.0. The lowest BCUT2D eigenvalue weighted by Crippen LogP contribution is -2.35. The van der Waals surface area contributed by atoms with E-state index in [4.69, 9.17) is 0 Å². The van der Waals surface area contributed by atoms with Gasteiger partial charge in [-0.2, -0.15) is 5.10 Å². The summed E-state index contributed by atoms with van der Waals surface area (Å²) in [6.45, 7) is 2.57. The third-order valence-corrected chi connectivity index (χ3v) is 3.77. The van der Waals surface area contributed by atoms with E-state index in [1.807, 2.05) is 0 Å². The molecule has 0 spiro atoms. The maximum atomic E-state index is 11.8. The fourth-order valence-corrected chi connectivity index (χ4v) is 2.44. The zero-order chi connectivity index (χ0) is 15.9. The number of hydrazone groups is 1. The summed E-state index contributed by atoms with van der Waals surface area (Å²) in [5.74, 6) is -0.687. The third-order valence-electron chi connectivity index (χ3n) is 2.35. The first-order valence-electron chi connectivity index (χ1n) is 6.17. The van der Waals surface area contributed by atoms with Crippen LogP contribution >= 0.6 is 0 Å². The van der Waals surface area contributed by atoms with Crippen LogP contribution in [0.15, 0.2) is 40.3 Å². The molecular weight excluding hydrogens is 294 g/mol. The van der Waals surface area contributed by atoms with Crippen molar-refractivity contribution in [2.24, 2.45) is 5.10 Å². The number of hydrogen-bond donors (Lipinski definition) is 2. The molecule has 0 unspecified atom stereocenters. The Kier molecular flexibility index (Phi) is 6.19. The quantitative estimate of drug-likeness (QED) is 0.563. The smallest absolute Gasteiger partial charge is 0.255 e. The summed E-state index contributed by atoms with van der Waals surface area (Å²) in [5, 5.41) is 3.70. The second-order valence-electron chi connectivity index (χ2n) is 4.40. The Hall–Kier alpha value is -2.06. The first kappa shape index (κ1) is 17.0. The number of nitrogens with zero attached hydrogens (tertiary/aromatic N) is 1. The Labute approximate surface area is 123 Å². The third kappa shape index (κ3) is 6.28. The molecule has 0 saturated carbocycles. The van der Waals surface area contributed by atoms with Crippen molar-refractivity contribution in [3.63, 3.8) is 0 Å². The van der Waals surface area contributed by atoms with Crippen molar-refractivity contribution in [3.8, 4) is 0 Å². The Morgan fingerprint density at radius 3 is 2.33 bits per heavy atom. The van der Waals surface area contributed by atoms with Crippen molar-refractivity contribution in [1.82, 2.24) is 10.1 Å². The fourth-order valence-electron chi connectivity index (χ4n) is 1.44. The predicted molar refractivity (Wildman–Crippen MR) is 78.2 cm³/mol. The number of ketones is 1. The molecule has 0 saturated heterocycles. The molecule has 2 N–H and O–H groups in total. The molecule has 8 heteroatoms. The summed E-state index contributed by atoms with van der Waals surface area (Å²) < 4.78 is 25.9. The average molecular weight is 311 g/mol. The summed E-state index contributed by atoms with van der Waals surface area (Å²) >= 11 is 0. The van der Waals surface area contributed by atoms with Gasteiger partial charge in [0.1, 0.15) is 5.78 Å². The number of benzene rings is 1. The van der Waals surface area contributed by atoms with Crippen LogP contribution in [0.25, 0.3) is 0 Å². The minimum absolute atomic E-state index is 0.0738. The molecule has 0 heterocycles. The molecule has 0 aliphatic carbocycles. The minimum Gasteiger partial charge on any atom is -0.300 e. The Morgan fingerprint density at radius 2 is 1.76 bits per heavy atom. The number of carbonyl (C=O) groups excluding carboxylic acids is 2. The van der Waals surface area contributed by atoms with E-state index in [1.54, 1.807) is 25.1 Å². The largest absolute Gasteiger partial charge is 0.300 e. The van der Waals surface area contributed by atoms with Gasteiger partial charge in [0.15, 0.2) is 0 Å². The van der Waals surface area contributed by atoms with E-state index in [1.165, 1.54) is 19.1 Å². The lowest BCUT2D eigenvalue weighted by Gasteiger charge is -2.06. The summed E-state index contributed by atoms with van der Waals surface area (Å²) in [4.78, 5) is 22.4. The number of Topliss-reactive ketones (excluding diaryl/α,β-unsaturated/α-hetero) is 1. The SMILES string of the molecule is CC(=O)C/C(C)=N/NC(=O)CNS(=O)(=O)c1ccccc1. The molecular formula is C13H17N3O4S. The lowest BCUT2D eigenvalue weighted by atomic mass is 10.2. The highest BCUT2D eigenvalue weighted by atomic mass is 32.2. The zero-order valence-corrected chi connectivity index (χ0v) is 12.6. The molecule has 21 heavy (non-hydrogen) atoms. The van der Waals surface area contributed by atoms with Gasteiger partial charge < -0.3 is 0 Å². The second-order valence-corrected chi connectivity index (χ2v) is 6.17. The molecule has 1 aromatic rings. The van der Waals surface area contributed by atoms with Crippen LogP contribution in [-0.4, -0.2) is 32.4 Å². The minimum atomic E-state index is -3.73. The summed E-state index contributed by atoms with van der Waals surface area (Å²) in [7, 11) is -3.73. The van der Waals surface area contributed by atoms with Crippen molar-refractivity contribution < 1.29 is 18.0 Å². The molecule has 7 nitrogen and oxygen atoms in total. The molecule has 0 bridgehead atoms. The van der Waals surface area contributed by atoms with E-state index in [0.29, 0.717) is 5.71 Å². The van der Waals surface area contributed by atoms with Gasteiger partial charge in [0.05, 0.1) is 11.4 Å². The van der Waals surface area contributed by atoms with Gasteiger partial charge in [-0.05, 0) is 26.0 Å². The first-order chi connectivity index (χ1) is 9.81. The van der Waals surface area contributed by atoms with Gasteiger partial charge in [-0.1, -0.05) is 18.2 Å². The van der Waals surface area contributed by atoms with E-state index >= 15 is 0 Å². The van der Waals surface area contributed by atoms with Crippen LogP contribution < -0.4 is 10.1 Å². The number of sulfonamides is 1. The van der Waals surface area contributed by atoms with Crippen molar-refractivity contribution in [2.75, 3.05) is 6.54 Å². The average Bonchev–Trinajstić information content (AvgIpc) is 2.43. The second kappa shape index (κ2) is 7.65. The molecule has 0 aliphatic rings. The molecule has 0 fully saturated rings. The maximum Gasteiger partial charge on any atom is 0.255 e. The summed E-state index contributed by atoms with van der Waals surface area (Å²) in [5.41, 5.74) is 2.63. The highest BCUT2D eigenvalue weighted by Crippen LogP contribution is 2.06. The van der Waals surface area contributed by atoms with Crippen LogP contribution in [0.2, 0.25) is 0 Å². The number of carbonyl (C=O) groups is 2. The topological polar surface area (TPSA) is 105 Å².